The molecule has 0 aromatic carbocycles. The van der Waals surface area contributed by atoms with Gasteiger partial charge in [-0.2, -0.15) is 0 Å². The third kappa shape index (κ3) is 4.71. The van der Waals surface area contributed by atoms with Crippen LogP contribution in [0, 0.1) is 35.5 Å². The maximum absolute atomic E-state index is 12.9. The number of anilines is 1. The number of nitrogens with zero attached hydrogens (tertiary/aromatic N) is 3. The molecule has 0 unspecified atom stereocenters. The van der Waals surface area contributed by atoms with Crippen molar-refractivity contribution in [2.75, 3.05) is 25.5 Å². The molecule has 1 amide bonds. The Hall–Kier alpha value is -2.43. The predicted octanol–water partition coefficient (Wildman–Crippen LogP) is 3.97. The maximum atomic E-state index is 12.9. The number of rotatable bonds is 7. The summed E-state index contributed by atoms with van der Waals surface area (Å²) < 4.78 is 0. The molecule has 0 spiro atoms. The van der Waals surface area contributed by atoms with Gasteiger partial charge in [0.05, 0.1) is 18.3 Å². The Morgan fingerprint density at radius 3 is 2.97 bits per heavy atom. The van der Waals surface area contributed by atoms with Gasteiger partial charge in [-0.3, -0.25) is 9.78 Å². The molecule has 0 saturated heterocycles. The number of carbonyl (C=O) groups excluding carboxylic acids is 1. The highest BCUT2D eigenvalue weighted by molar-refractivity contribution is 7.15. The molecule has 2 aliphatic carbocycles. The summed E-state index contributed by atoms with van der Waals surface area (Å²) in [6, 6.07) is 5.98. The van der Waals surface area contributed by atoms with Crippen molar-refractivity contribution in [3.05, 3.63) is 40.7 Å². The molecule has 34 heavy (non-hydrogen) atoms. The van der Waals surface area contributed by atoms with Crippen LogP contribution >= 0.6 is 11.3 Å². The second-order valence-corrected chi connectivity index (χ2v) is 11.4. The minimum atomic E-state index is -0.539. The molecule has 4 rings (SSSR count). The van der Waals surface area contributed by atoms with E-state index < -0.39 is 6.10 Å². The zero-order valence-corrected chi connectivity index (χ0v) is 21.4. The highest BCUT2D eigenvalue weighted by atomic mass is 32.1. The number of aromatic nitrogens is 2. The fourth-order valence-corrected chi connectivity index (χ4v) is 7.50. The van der Waals surface area contributed by atoms with Crippen molar-refractivity contribution in [2.24, 2.45) is 23.2 Å². The van der Waals surface area contributed by atoms with Crippen LogP contribution in [-0.2, 0) is 17.6 Å². The third-order valence-corrected chi connectivity index (χ3v) is 9.07. The van der Waals surface area contributed by atoms with Gasteiger partial charge in [0.1, 0.15) is 0 Å². The summed E-state index contributed by atoms with van der Waals surface area (Å²) in [5.41, 5.74) is 2.18. The first kappa shape index (κ1) is 24.7. The molecule has 6 atom stereocenters. The number of thiazole rings is 1. The van der Waals surface area contributed by atoms with Gasteiger partial charge in [-0.05, 0) is 48.6 Å². The van der Waals surface area contributed by atoms with Gasteiger partial charge in [0.15, 0.2) is 5.13 Å². The Morgan fingerprint density at radius 1 is 1.47 bits per heavy atom. The summed E-state index contributed by atoms with van der Waals surface area (Å²) in [5, 5.41) is 16.0. The van der Waals surface area contributed by atoms with Crippen LogP contribution in [0.2, 0.25) is 0 Å². The smallest absolute Gasteiger partial charge is 0.226 e. The van der Waals surface area contributed by atoms with E-state index in [0.29, 0.717) is 6.54 Å². The van der Waals surface area contributed by atoms with Crippen LogP contribution in [0.3, 0.4) is 0 Å². The number of fused-ring (bicyclic) bond motifs is 2. The normalized spacial score (nSPS) is 28.8. The molecular weight excluding hydrogens is 444 g/mol. The first-order valence-corrected chi connectivity index (χ1v) is 13.1. The van der Waals surface area contributed by atoms with Gasteiger partial charge in [0.2, 0.25) is 5.91 Å². The summed E-state index contributed by atoms with van der Waals surface area (Å²) in [7, 11) is 1.74. The van der Waals surface area contributed by atoms with Crippen LogP contribution < -0.4 is 5.32 Å². The lowest BCUT2D eigenvalue weighted by atomic mass is 9.53. The van der Waals surface area contributed by atoms with Gasteiger partial charge < -0.3 is 15.3 Å². The van der Waals surface area contributed by atoms with Gasteiger partial charge in [-0.15, -0.1) is 17.8 Å². The molecule has 2 aromatic heterocycles. The molecule has 0 radical (unpaired) electrons. The van der Waals surface area contributed by atoms with Crippen LogP contribution in [0.5, 0.6) is 0 Å². The van der Waals surface area contributed by atoms with E-state index in [-0.39, 0.29) is 35.0 Å². The maximum Gasteiger partial charge on any atom is 0.226 e. The number of pyridine rings is 1. The second kappa shape index (κ2) is 10.1. The highest BCUT2D eigenvalue weighted by Gasteiger charge is 2.54. The number of amides is 1. The van der Waals surface area contributed by atoms with Crippen molar-refractivity contribution in [3.8, 4) is 12.3 Å². The lowest BCUT2D eigenvalue weighted by Crippen LogP contribution is -2.53. The first-order valence-electron chi connectivity index (χ1n) is 12.2. The monoisotopic (exact) mass is 480 g/mol. The Morgan fingerprint density at radius 2 is 2.26 bits per heavy atom. The van der Waals surface area contributed by atoms with Gasteiger partial charge in [0.25, 0.3) is 0 Å². The number of nitrogens with one attached hydrogen (secondary N) is 1. The molecular formula is C27H36N4O2S. The largest absolute Gasteiger partial charge is 0.392 e. The second-order valence-electron chi connectivity index (χ2n) is 10.4. The molecule has 1 saturated carbocycles. The summed E-state index contributed by atoms with van der Waals surface area (Å²) in [5.74, 6) is 2.45. The molecule has 7 heteroatoms. The number of terminal acetylenes is 1. The topological polar surface area (TPSA) is 78.4 Å². The number of hydrogen-bond acceptors (Lipinski definition) is 6. The van der Waals surface area contributed by atoms with Crippen molar-refractivity contribution in [3.63, 3.8) is 0 Å². The van der Waals surface area contributed by atoms with Crippen molar-refractivity contribution in [2.45, 2.75) is 58.5 Å². The molecule has 2 aliphatic rings. The minimum absolute atomic E-state index is 0.00752. The highest BCUT2D eigenvalue weighted by Crippen LogP contribution is 2.57. The van der Waals surface area contributed by atoms with E-state index in [1.165, 1.54) is 4.88 Å². The van der Waals surface area contributed by atoms with Gasteiger partial charge in [0, 0.05) is 48.6 Å². The molecule has 2 N–H and O–H groups in total. The van der Waals surface area contributed by atoms with Crippen LogP contribution in [0.25, 0.3) is 0 Å². The van der Waals surface area contributed by atoms with E-state index in [4.69, 9.17) is 11.4 Å². The Balaban J connectivity index is 1.47. The van der Waals surface area contributed by atoms with Crippen LogP contribution in [0.1, 0.15) is 55.8 Å². The summed E-state index contributed by atoms with van der Waals surface area (Å²) >= 11 is 1.75. The third-order valence-electron chi connectivity index (χ3n) is 8.04. The molecule has 6 nitrogen and oxygen atoms in total. The lowest BCUT2D eigenvalue weighted by molar-refractivity contribution is -0.142. The summed E-state index contributed by atoms with van der Waals surface area (Å²) in [4.78, 5) is 25.2. The predicted molar refractivity (Wildman–Crippen MR) is 137 cm³/mol. The average Bonchev–Trinajstić information content (AvgIpc) is 3.21. The summed E-state index contributed by atoms with van der Waals surface area (Å²) in [6.07, 6.45) is 10.3. The number of aliphatic hydroxyl groups is 1. The SMILES string of the molecule is C#CCN(C)C(=O)[C@@H](C)[C@H]1CC[C@]2(C)Cc3sc(NCCc4ccccn4)nc3[C@H](C)[C@@H]2[C@H]1O. The van der Waals surface area contributed by atoms with Crippen LogP contribution in [0.4, 0.5) is 5.13 Å². The zero-order chi connectivity index (χ0) is 24.5. The van der Waals surface area contributed by atoms with E-state index >= 15 is 0 Å². The molecule has 0 aliphatic heterocycles. The van der Waals surface area contributed by atoms with E-state index in [2.05, 4.69) is 30.1 Å². The number of hydrogen-bond donors (Lipinski definition) is 2. The van der Waals surface area contributed by atoms with Gasteiger partial charge in [-0.25, -0.2) is 4.98 Å². The molecule has 1 fully saturated rings. The standard InChI is InChI=1S/C27H36N4O2S/c1-6-15-31(5)25(33)17(2)20-10-12-27(4)16-21-23(18(3)22(27)24(20)32)30-26(34-21)29-14-11-19-9-7-8-13-28-19/h1,7-9,13,17-18,20,22,24,32H,10-12,14-16H2,2-5H3,(H,29,30)/t17-,18+,20+,22+,24-,27+/m0/s1. The fraction of sp³-hybridized carbons (Fsp3) is 0.593. The van der Waals surface area contributed by atoms with Crippen molar-refractivity contribution in [1.29, 1.82) is 0 Å². The van der Waals surface area contributed by atoms with Crippen LogP contribution in [0.15, 0.2) is 24.4 Å². The molecule has 0 bridgehead atoms. The van der Waals surface area contributed by atoms with Crippen LogP contribution in [-0.4, -0.2) is 52.1 Å². The van der Waals surface area contributed by atoms with Gasteiger partial charge in [-0.1, -0.05) is 32.8 Å². The van der Waals surface area contributed by atoms with E-state index in [1.54, 1.807) is 23.3 Å². The number of aliphatic hydroxyl groups excluding tert-OH is 1. The van der Waals surface area contributed by atoms with E-state index in [9.17, 15) is 9.90 Å². The molecule has 2 heterocycles. The fourth-order valence-electron chi connectivity index (χ4n) is 6.21. The Bertz CT molecular complexity index is 1050. The van der Waals surface area contributed by atoms with Crippen molar-refractivity contribution >= 4 is 22.4 Å². The Kier molecular flexibility index (Phi) is 7.30. The van der Waals surface area contributed by atoms with Crippen molar-refractivity contribution < 1.29 is 9.90 Å². The van der Waals surface area contributed by atoms with Crippen molar-refractivity contribution in [1.82, 2.24) is 14.9 Å². The van der Waals surface area contributed by atoms with E-state index in [1.807, 2.05) is 31.3 Å². The van der Waals surface area contributed by atoms with Gasteiger partial charge >= 0.3 is 0 Å². The zero-order valence-electron chi connectivity index (χ0n) is 20.6. The molecule has 2 aromatic rings. The first-order chi connectivity index (χ1) is 16.2. The minimum Gasteiger partial charge on any atom is -0.392 e. The average molecular weight is 481 g/mol. The quantitative estimate of drug-likeness (QED) is 0.586. The summed E-state index contributed by atoms with van der Waals surface area (Å²) in [6.45, 7) is 7.52. The number of carbonyl (C=O) groups is 1. The Labute approximate surface area is 207 Å². The lowest BCUT2D eigenvalue weighted by Gasteiger charge is -2.53. The molecule has 182 valence electrons. The van der Waals surface area contributed by atoms with E-state index in [0.717, 1.165) is 48.7 Å².